The molecule has 1 aromatic carbocycles. The first-order valence-corrected chi connectivity index (χ1v) is 10.2. The van der Waals surface area contributed by atoms with E-state index in [-0.39, 0.29) is 17.7 Å². The highest BCUT2D eigenvalue weighted by Crippen LogP contribution is 2.37. The third kappa shape index (κ3) is 9.47. The minimum Gasteiger partial charge on any atom is -0.490 e. The molecule has 0 saturated carbocycles. The van der Waals surface area contributed by atoms with Crippen molar-refractivity contribution in [1.29, 1.82) is 5.26 Å². The molecule has 1 atom stereocenters. The molecule has 11 heteroatoms. The summed E-state index contributed by atoms with van der Waals surface area (Å²) in [5, 5.41) is 18.9. The van der Waals surface area contributed by atoms with Gasteiger partial charge in [-0.2, -0.15) is 5.26 Å². The maximum absolute atomic E-state index is 9.60. The zero-order valence-electron chi connectivity index (χ0n) is 14.4. The largest absolute Gasteiger partial charge is 0.490 e. The van der Waals surface area contributed by atoms with E-state index in [1.54, 1.807) is 18.2 Å². The van der Waals surface area contributed by atoms with E-state index in [0.717, 1.165) is 0 Å². The molecule has 0 radical (unpaired) electrons. The first-order chi connectivity index (χ1) is 13.2. The SMILES string of the molecule is N#CC(Cl)(Cl)C(O)COCCCCOc1c(Cl)cc(OCC=C(Cl)Cl)cc1Cl. The van der Waals surface area contributed by atoms with Gasteiger partial charge in [-0.25, -0.2) is 0 Å². The maximum Gasteiger partial charge on any atom is 0.230 e. The molecule has 1 N–H and O–H groups in total. The van der Waals surface area contributed by atoms with Gasteiger partial charge in [-0.15, -0.1) is 0 Å². The summed E-state index contributed by atoms with van der Waals surface area (Å²) < 4.78 is 14.5. The van der Waals surface area contributed by atoms with Gasteiger partial charge in [0.05, 0.1) is 23.3 Å². The standard InChI is InChI=1S/C17H17Cl6NO4/c18-12-7-11(27-6-3-15(20)21)8-13(19)16(12)28-5-2-1-4-26-9-14(25)17(22,23)10-24/h3,7-8,14,25H,1-2,4-6,9H2. The number of benzene rings is 1. The second-order valence-electron chi connectivity index (χ2n) is 5.40. The van der Waals surface area contributed by atoms with Gasteiger partial charge in [0.2, 0.25) is 4.33 Å². The van der Waals surface area contributed by atoms with E-state index in [9.17, 15) is 5.11 Å². The molecule has 0 heterocycles. The third-order valence-corrected chi connectivity index (χ3v) is 4.78. The van der Waals surface area contributed by atoms with Crippen molar-refractivity contribution >= 4 is 69.6 Å². The van der Waals surface area contributed by atoms with Crippen LogP contribution in [0.1, 0.15) is 12.8 Å². The number of halogens is 6. The molecule has 0 aliphatic rings. The third-order valence-electron chi connectivity index (χ3n) is 3.23. The summed E-state index contributed by atoms with van der Waals surface area (Å²) in [6, 6.07) is 4.73. The predicted octanol–water partition coefficient (Wildman–Crippen LogP) is 5.93. The van der Waals surface area contributed by atoms with Gasteiger partial charge in [0, 0.05) is 18.7 Å². The van der Waals surface area contributed by atoms with E-state index in [0.29, 0.717) is 47.6 Å². The van der Waals surface area contributed by atoms with Gasteiger partial charge in [0.1, 0.15) is 29.0 Å². The van der Waals surface area contributed by atoms with Gasteiger partial charge in [-0.3, -0.25) is 0 Å². The first kappa shape index (κ1) is 25.7. The van der Waals surface area contributed by atoms with E-state index in [1.165, 1.54) is 6.08 Å². The monoisotopic (exact) mass is 509 g/mol. The quantitative estimate of drug-likeness (QED) is 0.278. The van der Waals surface area contributed by atoms with Crippen molar-refractivity contribution in [2.75, 3.05) is 26.4 Å². The lowest BCUT2D eigenvalue weighted by atomic mass is 10.3. The van der Waals surface area contributed by atoms with Crippen molar-refractivity contribution in [3.63, 3.8) is 0 Å². The van der Waals surface area contributed by atoms with Crippen molar-refractivity contribution < 1.29 is 19.3 Å². The molecular formula is C17H17Cl6NO4. The van der Waals surface area contributed by atoms with E-state index in [4.69, 9.17) is 89.1 Å². The van der Waals surface area contributed by atoms with Crippen molar-refractivity contribution in [2.24, 2.45) is 0 Å². The van der Waals surface area contributed by atoms with Crippen molar-refractivity contribution in [3.05, 3.63) is 32.7 Å². The Labute approximate surface area is 193 Å². The van der Waals surface area contributed by atoms with E-state index < -0.39 is 10.4 Å². The molecule has 0 amide bonds. The molecule has 0 fully saturated rings. The minimum absolute atomic E-state index is 0.102. The van der Waals surface area contributed by atoms with Crippen LogP contribution in [0.3, 0.4) is 0 Å². The molecule has 0 aliphatic heterocycles. The van der Waals surface area contributed by atoms with Gasteiger partial charge in [-0.1, -0.05) is 69.6 Å². The molecule has 0 bridgehead atoms. The van der Waals surface area contributed by atoms with Gasteiger partial charge < -0.3 is 19.3 Å². The Morgan fingerprint density at radius 2 is 1.75 bits per heavy atom. The second kappa shape index (κ2) is 13.1. The minimum atomic E-state index is -1.89. The maximum atomic E-state index is 9.60. The molecule has 5 nitrogen and oxygen atoms in total. The normalized spacial score (nSPS) is 12.2. The fourth-order valence-electron chi connectivity index (χ4n) is 1.81. The van der Waals surface area contributed by atoms with Crippen LogP contribution >= 0.6 is 69.6 Å². The number of hydrogen-bond donors (Lipinski definition) is 1. The van der Waals surface area contributed by atoms with Crippen LogP contribution in [-0.2, 0) is 4.74 Å². The van der Waals surface area contributed by atoms with Crippen LogP contribution < -0.4 is 9.47 Å². The lowest BCUT2D eigenvalue weighted by molar-refractivity contribution is 0.0333. The van der Waals surface area contributed by atoms with E-state index >= 15 is 0 Å². The Bertz CT molecular complexity index is 680. The average molecular weight is 512 g/mol. The Morgan fingerprint density at radius 3 is 2.32 bits per heavy atom. The molecule has 0 saturated heterocycles. The Hall–Kier alpha value is -0.290. The van der Waals surface area contributed by atoms with Gasteiger partial charge in [0.15, 0.2) is 5.75 Å². The fraction of sp³-hybridized carbons (Fsp3) is 0.471. The molecule has 1 aromatic rings. The summed E-state index contributed by atoms with van der Waals surface area (Å²) in [6.07, 6.45) is 1.47. The number of aliphatic hydroxyl groups is 1. The molecular weight excluding hydrogens is 495 g/mol. The highest BCUT2D eigenvalue weighted by molar-refractivity contribution is 6.55. The number of unbranched alkanes of at least 4 members (excludes halogenated alkanes) is 1. The van der Waals surface area contributed by atoms with Crippen LogP contribution in [-0.4, -0.2) is 42.0 Å². The Balaban J connectivity index is 2.34. The van der Waals surface area contributed by atoms with Crippen LogP contribution in [0.25, 0.3) is 0 Å². The van der Waals surface area contributed by atoms with Crippen molar-refractivity contribution in [2.45, 2.75) is 23.3 Å². The number of alkyl halides is 2. The Kier molecular flexibility index (Phi) is 12.0. The smallest absolute Gasteiger partial charge is 0.230 e. The number of rotatable bonds is 12. The predicted molar refractivity (Wildman–Crippen MR) is 113 cm³/mol. The highest BCUT2D eigenvalue weighted by Gasteiger charge is 2.33. The summed E-state index contributed by atoms with van der Waals surface area (Å²) in [5.41, 5.74) is 0. The molecule has 1 unspecified atom stereocenters. The number of aliphatic hydroxyl groups excluding tert-OH is 1. The van der Waals surface area contributed by atoms with Crippen LogP contribution in [0, 0.1) is 11.3 Å². The summed E-state index contributed by atoms with van der Waals surface area (Å²) in [4.78, 5) is 0. The zero-order valence-corrected chi connectivity index (χ0v) is 19.0. The second-order valence-corrected chi connectivity index (χ2v) is 8.61. The van der Waals surface area contributed by atoms with E-state index in [2.05, 4.69) is 0 Å². The van der Waals surface area contributed by atoms with Gasteiger partial charge in [0.25, 0.3) is 0 Å². The van der Waals surface area contributed by atoms with Crippen LogP contribution in [0.4, 0.5) is 0 Å². The number of nitriles is 1. The van der Waals surface area contributed by atoms with Crippen molar-refractivity contribution in [1.82, 2.24) is 0 Å². The fourth-order valence-corrected chi connectivity index (χ4v) is 2.64. The number of ether oxygens (including phenoxy) is 3. The number of hydrogen-bond acceptors (Lipinski definition) is 5. The lowest BCUT2D eigenvalue weighted by Gasteiger charge is -2.18. The summed E-state index contributed by atoms with van der Waals surface area (Å²) in [6.45, 7) is 0.710. The molecule has 0 aromatic heterocycles. The molecule has 156 valence electrons. The number of nitrogens with zero attached hydrogens (tertiary/aromatic N) is 1. The summed E-state index contributed by atoms with van der Waals surface area (Å²) in [7, 11) is 0. The topological polar surface area (TPSA) is 71.7 Å². The van der Waals surface area contributed by atoms with E-state index in [1.807, 2.05) is 0 Å². The highest BCUT2D eigenvalue weighted by atomic mass is 35.5. The lowest BCUT2D eigenvalue weighted by Crippen LogP contribution is -2.33. The average Bonchev–Trinajstić information content (AvgIpc) is 2.62. The molecule has 0 aliphatic carbocycles. The van der Waals surface area contributed by atoms with Crippen molar-refractivity contribution in [3.8, 4) is 17.6 Å². The van der Waals surface area contributed by atoms with Crippen LogP contribution in [0.15, 0.2) is 22.7 Å². The zero-order chi connectivity index (χ0) is 21.2. The summed E-state index contributed by atoms with van der Waals surface area (Å²) >= 11 is 34.5. The molecule has 28 heavy (non-hydrogen) atoms. The van der Waals surface area contributed by atoms with Crippen LogP contribution in [0.5, 0.6) is 11.5 Å². The molecule has 1 rings (SSSR count). The van der Waals surface area contributed by atoms with Gasteiger partial charge >= 0.3 is 0 Å². The molecule has 0 spiro atoms. The van der Waals surface area contributed by atoms with Crippen LogP contribution in [0.2, 0.25) is 10.0 Å². The first-order valence-electron chi connectivity index (χ1n) is 7.98. The Morgan fingerprint density at radius 1 is 1.14 bits per heavy atom. The van der Waals surface area contributed by atoms with Gasteiger partial charge in [-0.05, 0) is 18.9 Å². The summed E-state index contributed by atoms with van der Waals surface area (Å²) in [5.74, 6) is 0.799.